The third-order valence-electron chi connectivity index (χ3n) is 3.77. The van der Waals surface area contributed by atoms with Crippen molar-refractivity contribution in [1.29, 1.82) is 0 Å². The van der Waals surface area contributed by atoms with Gasteiger partial charge in [0.05, 0.1) is 11.6 Å². The standard InChI is InChI=1S/C14H15N3O3/c1-17-5-4-8(7-12(17)18)13-15-10-3-2-9(14(19)20)6-11(10)16-13/h4-5,7,9H,2-3,6H2,1H3,(H,15,16)(H,19,20). The molecule has 1 aliphatic rings. The zero-order valence-electron chi connectivity index (χ0n) is 11.1. The fourth-order valence-corrected chi connectivity index (χ4v) is 2.52. The van der Waals surface area contributed by atoms with Crippen LogP contribution in [0.4, 0.5) is 0 Å². The van der Waals surface area contributed by atoms with Crippen LogP contribution in [0.25, 0.3) is 11.4 Å². The number of nitrogens with one attached hydrogen (secondary N) is 1. The van der Waals surface area contributed by atoms with Gasteiger partial charge in [-0.3, -0.25) is 9.59 Å². The number of pyridine rings is 1. The highest BCUT2D eigenvalue weighted by Gasteiger charge is 2.27. The van der Waals surface area contributed by atoms with Crippen molar-refractivity contribution in [2.24, 2.45) is 13.0 Å². The first-order chi connectivity index (χ1) is 9.54. The average Bonchev–Trinajstić information content (AvgIpc) is 2.84. The molecule has 2 aromatic heterocycles. The summed E-state index contributed by atoms with van der Waals surface area (Å²) >= 11 is 0. The first-order valence-corrected chi connectivity index (χ1v) is 6.52. The van der Waals surface area contributed by atoms with Crippen LogP contribution in [0.5, 0.6) is 0 Å². The summed E-state index contributed by atoms with van der Waals surface area (Å²) in [4.78, 5) is 30.3. The molecule has 2 aromatic rings. The molecular formula is C14H15N3O3. The van der Waals surface area contributed by atoms with Gasteiger partial charge in [-0.25, -0.2) is 4.98 Å². The van der Waals surface area contributed by atoms with E-state index in [0.29, 0.717) is 25.1 Å². The van der Waals surface area contributed by atoms with E-state index in [1.165, 1.54) is 10.6 Å². The molecule has 0 amide bonds. The summed E-state index contributed by atoms with van der Waals surface area (Å²) in [5, 5.41) is 9.08. The number of H-pyrrole nitrogens is 1. The van der Waals surface area contributed by atoms with Crippen LogP contribution in [-0.2, 0) is 24.7 Å². The number of aryl methyl sites for hydroxylation is 2. The van der Waals surface area contributed by atoms with Crippen LogP contribution in [0.1, 0.15) is 17.8 Å². The van der Waals surface area contributed by atoms with Gasteiger partial charge in [-0.05, 0) is 18.9 Å². The Kier molecular flexibility index (Phi) is 2.93. The first-order valence-electron chi connectivity index (χ1n) is 6.52. The molecule has 2 heterocycles. The second-order valence-electron chi connectivity index (χ2n) is 5.15. The number of carboxylic acids is 1. The Bertz CT molecular complexity index is 730. The molecular weight excluding hydrogens is 258 g/mol. The molecule has 0 bridgehead atoms. The van der Waals surface area contributed by atoms with Gasteiger partial charge in [0.15, 0.2) is 0 Å². The SMILES string of the molecule is Cn1ccc(-c2nc3c([nH]2)CC(C(=O)O)CC3)cc1=O. The van der Waals surface area contributed by atoms with Crippen molar-refractivity contribution < 1.29 is 9.90 Å². The summed E-state index contributed by atoms with van der Waals surface area (Å²) in [6.45, 7) is 0. The van der Waals surface area contributed by atoms with Crippen molar-refractivity contribution in [3.63, 3.8) is 0 Å². The monoisotopic (exact) mass is 273 g/mol. The number of nitrogens with zero attached hydrogens (tertiary/aromatic N) is 2. The van der Waals surface area contributed by atoms with E-state index < -0.39 is 5.97 Å². The molecule has 0 saturated carbocycles. The van der Waals surface area contributed by atoms with Gasteiger partial charge in [0.2, 0.25) is 0 Å². The van der Waals surface area contributed by atoms with Gasteiger partial charge in [0, 0.05) is 37.0 Å². The van der Waals surface area contributed by atoms with E-state index in [1.807, 2.05) is 6.07 Å². The van der Waals surface area contributed by atoms with E-state index in [1.54, 1.807) is 13.2 Å². The van der Waals surface area contributed by atoms with Crippen LogP contribution in [-0.4, -0.2) is 25.6 Å². The minimum Gasteiger partial charge on any atom is -0.481 e. The zero-order valence-corrected chi connectivity index (χ0v) is 11.1. The van der Waals surface area contributed by atoms with E-state index in [2.05, 4.69) is 9.97 Å². The van der Waals surface area contributed by atoms with Crippen LogP contribution in [0.3, 0.4) is 0 Å². The highest BCUT2D eigenvalue weighted by Crippen LogP contribution is 2.26. The maximum absolute atomic E-state index is 11.6. The van der Waals surface area contributed by atoms with Crippen molar-refractivity contribution in [2.75, 3.05) is 0 Å². The fourth-order valence-electron chi connectivity index (χ4n) is 2.52. The smallest absolute Gasteiger partial charge is 0.306 e. The van der Waals surface area contributed by atoms with Gasteiger partial charge in [-0.15, -0.1) is 0 Å². The summed E-state index contributed by atoms with van der Waals surface area (Å²) in [5.41, 5.74) is 2.42. The van der Waals surface area contributed by atoms with E-state index in [9.17, 15) is 9.59 Å². The number of aliphatic carboxylic acids is 1. The molecule has 0 fully saturated rings. The lowest BCUT2D eigenvalue weighted by Gasteiger charge is -2.16. The summed E-state index contributed by atoms with van der Waals surface area (Å²) in [5.74, 6) is -0.474. The molecule has 2 N–H and O–H groups in total. The Hall–Kier alpha value is -2.37. The number of fused-ring (bicyclic) bond motifs is 1. The lowest BCUT2D eigenvalue weighted by Crippen LogP contribution is -2.22. The Morgan fingerprint density at radius 1 is 1.55 bits per heavy atom. The molecule has 1 atom stereocenters. The molecule has 104 valence electrons. The highest BCUT2D eigenvalue weighted by molar-refractivity contribution is 5.71. The van der Waals surface area contributed by atoms with Gasteiger partial charge in [-0.1, -0.05) is 0 Å². The quantitative estimate of drug-likeness (QED) is 0.853. The summed E-state index contributed by atoms with van der Waals surface area (Å²) in [6, 6.07) is 3.35. The molecule has 0 radical (unpaired) electrons. The Morgan fingerprint density at radius 2 is 2.35 bits per heavy atom. The number of aromatic amines is 1. The van der Waals surface area contributed by atoms with Crippen molar-refractivity contribution in [3.8, 4) is 11.4 Å². The average molecular weight is 273 g/mol. The number of aromatic nitrogens is 3. The van der Waals surface area contributed by atoms with Crippen LogP contribution in [0.2, 0.25) is 0 Å². The third-order valence-corrected chi connectivity index (χ3v) is 3.77. The van der Waals surface area contributed by atoms with Gasteiger partial charge < -0.3 is 14.7 Å². The van der Waals surface area contributed by atoms with Crippen LogP contribution >= 0.6 is 0 Å². The topological polar surface area (TPSA) is 88.0 Å². The maximum Gasteiger partial charge on any atom is 0.306 e. The first kappa shape index (κ1) is 12.7. The van der Waals surface area contributed by atoms with Crippen molar-refractivity contribution in [2.45, 2.75) is 19.3 Å². The number of hydrogen-bond acceptors (Lipinski definition) is 3. The molecule has 1 unspecified atom stereocenters. The van der Waals surface area contributed by atoms with E-state index in [0.717, 1.165) is 17.0 Å². The van der Waals surface area contributed by atoms with Gasteiger partial charge in [0.25, 0.3) is 5.56 Å². The normalized spacial score (nSPS) is 17.8. The number of carboxylic acid groups (broad SMARTS) is 1. The number of hydrogen-bond donors (Lipinski definition) is 2. The molecule has 0 saturated heterocycles. The lowest BCUT2D eigenvalue weighted by atomic mass is 9.90. The second kappa shape index (κ2) is 4.63. The largest absolute Gasteiger partial charge is 0.481 e. The maximum atomic E-state index is 11.6. The number of rotatable bonds is 2. The van der Waals surface area contributed by atoms with E-state index in [4.69, 9.17) is 5.11 Å². The molecule has 20 heavy (non-hydrogen) atoms. The van der Waals surface area contributed by atoms with Crippen molar-refractivity contribution in [3.05, 3.63) is 40.1 Å². The fraction of sp³-hybridized carbons (Fsp3) is 0.357. The summed E-state index contributed by atoms with van der Waals surface area (Å²) in [7, 11) is 1.69. The van der Waals surface area contributed by atoms with Crippen LogP contribution in [0.15, 0.2) is 23.1 Å². The molecule has 0 aliphatic heterocycles. The second-order valence-corrected chi connectivity index (χ2v) is 5.15. The number of carbonyl (C=O) groups is 1. The van der Waals surface area contributed by atoms with E-state index in [-0.39, 0.29) is 11.5 Å². The van der Waals surface area contributed by atoms with Gasteiger partial charge in [-0.2, -0.15) is 0 Å². The molecule has 0 spiro atoms. The van der Waals surface area contributed by atoms with Crippen molar-refractivity contribution >= 4 is 5.97 Å². The van der Waals surface area contributed by atoms with Crippen molar-refractivity contribution in [1.82, 2.24) is 14.5 Å². The molecule has 0 aromatic carbocycles. The predicted octanol–water partition coefficient (Wildman–Crippen LogP) is 0.965. The highest BCUT2D eigenvalue weighted by atomic mass is 16.4. The predicted molar refractivity (Wildman–Crippen MR) is 72.4 cm³/mol. The lowest BCUT2D eigenvalue weighted by molar-refractivity contribution is -0.142. The Labute approximate surface area is 115 Å². The van der Waals surface area contributed by atoms with Gasteiger partial charge in [0.1, 0.15) is 5.82 Å². The Balaban J connectivity index is 1.96. The molecule has 3 rings (SSSR count). The minimum atomic E-state index is -0.764. The molecule has 1 aliphatic carbocycles. The van der Waals surface area contributed by atoms with Gasteiger partial charge >= 0.3 is 5.97 Å². The molecule has 6 heteroatoms. The number of imidazole rings is 1. The summed E-state index contributed by atoms with van der Waals surface area (Å²) in [6.07, 6.45) is 3.44. The van der Waals surface area contributed by atoms with Crippen LogP contribution < -0.4 is 5.56 Å². The van der Waals surface area contributed by atoms with E-state index >= 15 is 0 Å². The van der Waals surface area contributed by atoms with Crippen LogP contribution in [0, 0.1) is 5.92 Å². The third kappa shape index (κ3) is 2.13. The minimum absolute atomic E-state index is 0.0970. The zero-order chi connectivity index (χ0) is 14.3. The Morgan fingerprint density at radius 3 is 3.05 bits per heavy atom. The summed E-state index contributed by atoms with van der Waals surface area (Å²) < 4.78 is 1.49. The molecule has 6 nitrogen and oxygen atoms in total.